The number of terminal acetylenes is 1. The fourth-order valence-electron chi connectivity index (χ4n) is 2.11. The topological polar surface area (TPSA) is 84.2 Å². The number of nitrogens with zero attached hydrogens (tertiary/aromatic N) is 4. The highest BCUT2D eigenvalue weighted by Gasteiger charge is 2.39. The van der Waals surface area contributed by atoms with Gasteiger partial charge in [0.1, 0.15) is 4.88 Å². The van der Waals surface area contributed by atoms with Crippen molar-refractivity contribution in [2.24, 2.45) is 10.2 Å². The van der Waals surface area contributed by atoms with Gasteiger partial charge in [0.05, 0.1) is 13.3 Å². The van der Waals surface area contributed by atoms with E-state index >= 15 is 0 Å². The van der Waals surface area contributed by atoms with E-state index in [0.717, 1.165) is 11.3 Å². The van der Waals surface area contributed by atoms with E-state index in [4.69, 9.17) is 6.42 Å². The van der Waals surface area contributed by atoms with Gasteiger partial charge in [-0.15, -0.1) is 12.3 Å². The summed E-state index contributed by atoms with van der Waals surface area (Å²) < 4.78 is 4.65. The zero-order valence-electron chi connectivity index (χ0n) is 13.1. The Labute approximate surface area is 138 Å². The molecule has 0 saturated carbocycles. The van der Waals surface area contributed by atoms with Crippen molar-refractivity contribution in [3.8, 4) is 12.3 Å². The minimum atomic E-state index is -0.471. The van der Waals surface area contributed by atoms with E-state index in [9.17, 15) is 9.59 Å². The van der Waals surface area contributed by atoms with E-state index in [1.807, 2.05) is 6.92 Å². The summed E-state index contributed by atoms with van der Waals surface area (Å²) in [6.07, 6.45) is 8.78. The number of methoxy groups -OCH3 is 1. The quantitative estimate of drug-likeness (QED) is 0.540. The molecule has 0 radical (unpaired) electrons. The molecule has 0 N–H and O–H groups in total. The molecule has 7 nitrogen and oxygen atoms in total. The lowest BCUT2D eigenvalue weighted by atomic mass is 10.0. The molecule has 0 bridgehead atoms. The van der Waals surface area contributed by atoms with Gasteiger partial charge < -0.3 is 4.74 Å². The molecule has 1 amide bonds. The average molecular weight is 334 g/mol. The van der Waals surface area contributed by atoms with E-state index in [0.29, 0.717) is 42.2 Å². The fourth-order valence-corrected chi connectivity index (χ4v) is 3.03. The minimum Gasteiger partial charge on any atom is -0.465 e. The van der Waals surface area contributed by atoms with Gasteiger partial charge in [-0.1, -0.05) is 11.3 Å². The van der Waals surface area contributed by atoms with Gasteiger partial charge in [-0.05, 0) is 6.92 Å². The van der Waals surface area contributed by atoms with E-state index in [-0.39, 0.29) is 5.91 Å². The maximum absolute atomic E-state index is 12.4. The van der Waals surface area contributed by atoms with Crippen molar-refractivity contribution in [2.75, 3.05) is 18.6 Å². The summed E-state index contributed by atoms with van der Waals surface area (Å²) in [7, 11) is 1.31. The van der Waals surface area contributed by atoms with Crippen molar-refractivity contribution in [1.29, 1.82) is 0 Å². The highest BCUT2D eigenvalue weighted by Crippen LogP contribution is 2.38. The molecule has 0 unspecified atom stereocenters. The molecule has 0 atom stereocenters. The lowest BCUT2D eigenvalue weighted by molar-refractivity contribution is -0.118. The molecule has 0 fully saturated rings. The first-order valence-electron chi connectivity index (χ1n) is 7.27. The Morgan fingerprint density at radius 3 is 2.74 bits per heavy atom. The molecule has 0 aliphatic carbocycles. The number of carbonyl (C=O) groups is 2. The van der Waals surface area contributed by atoms with Gasteiger partial charge in [-0.3, -0.25) is 9.69 Å². The summed E-state index contributed by atoms with van der Waals surface area (Å²) in [5.41, 5.74) is -0.471. The van der Waals surface area contributed by atoms with Crippen molar-refractivity contribution < 1.29 is 14.3 Å². The van der Waals surface area contributed by atoms with Crippen LogP contribution in [0.25, 0.3) is 0 Å². The minimum absolute atomic E-state index is 0.0735. The first-order chi connectivity index (χ1) is 11.0. The van der Waals surface area contributed by atoms with E-state index in [2.05, 4.69) is 25.9 Å². The Morgan fingerprint density at radius 1 is 1.43 bits per heavy atom. The summed E-state index contributed by atoms with van der Waals surface area (Å²) in [6.45, 7) is 2.33. The number of anilines is 1. The van der Waals surface area contributed by atoms with Crippen LogP contribution in [0.3, 0.4) is 0 Å². The zero-order valence-corrected chi connectivity index (χ0v) is 13.9. The third-order valence-electron chi connectivity index (χ3n) is 3.52. The van der Waals surface area contributed by atoms with Crippen LogP contribution in [0.5, 0.6) is 0 Å². The summed E-state index contributed by atoms with van der Waals surface area (Å²) in [5, 5.41) is 8.53. The second-order valence-electron chi connectivity index (χ2n) is 5.02. The van der Waals surface area contributed by atoms with Gasteiger partial charge in [-0.25, -0.2) is 9.78 Å². The van der Waals surface area contributed by atoms with Crippen molar-refractivity contribution in [3.63, 3.8) is 0 Å². The molecular formula is C15H18N4O3S. The molecule has 0 saturated heterocycles. The van der Waals surface area contributed by atoms with Gasteiger partial charge in [0, 0.05) is 32.2 Å². The van der Waals surface area contributed by atoms with Crippen molar-refractivity contribution >= 4 is 28.3 Å². The summed E-state index contributed by atoms with van der Waals surface area (Å²) in [6, 6.07) is 0. The monoisotopic (exact) mass is 334 g/mol. The number of carbonyl (C=O) groups excluding carboxylic acids is 2. The van der Waals surface area contributed by atoms with Crippen LogP contribution in [-0.4, -0.2) is 36.2 Å². The van der Waals surface area contributed by atoms with Gasteiger partial charge in [0.25, 0.3) is 0 Å². The first kappa shape index (κ1) is 17.1. The Bertz CT molecular complexity index is 656. The average Bonchev–Trinajstić information content (AvgIpc) is 3.18. The SMILES string of the molecule is C#CCCC1(CCC(=O)N(CC)c2ncc(C(=O)OC)s2)N=N1. The number of thiazole rings is 1. The van der Waals surface area contributed by atoms with Crippen molar-refractivity contribution in [1.82, 2.24) is 4.98 Å². The second kappa shape index (κ2) is 7.33. The molecule has 0 spiro atoms. The molecule has 0 aromatic carbocycles. The first-order valence-corrected chi connectivity index (χ1v) is 8.09. The Morgan fingerprint density at radius 2 is 2.17 bits per heavy atom. The highest BCUT2D eigenvalue weighted by atomic mass is 32.1. The smallest absolute Gasteiger partial charge is 0.349 e. The van der Waals surface area contributed by atoms with Gasteiger partial charge >= 0.3 is 5.97 Å². The fraction of sp³-hybridized carbons (Fsp3) is 0.533. The zero-order chi connectivity index (χ0) is 16.9. The van der Waals surface area contributed by atoms with Gasteiger partial charge in [-0.2, -0.15) is 10.2 Å². The molecule has 8 heteroatoms. The van der Waals surface area contributed by atoms with Gasteiger partial charge in [0.2, 0.25) is 5.91 Å². The van der Waals surface area contributed by atoms with Crippen molar-refractivity contribution in [2.45, 2.75) is 38.3 Å². The lowest BCUT2D eigenvalue weighted by Crippen LogP contribution is -2.31. The third-order valence-corrected chi connectivity index (χ3v) is 4.52. The van der Waals surface area contributed by atoms with E-state index in [1.54, 1.807) is 4.90 Å². The molecule has 23 heavy (non-hydrogen) atoms. The molecular weight excluding hydrogens is 316 g/mol. The molecule has 1 aliphatic rings. The summed E-state index contributed by atoms with van der Waals surface area (Å²) in [4.78, 5) is 30.0. The largest absolute Gasteiger partial charge is 0.465 e. The Kier molecular flexibility index (Phi) is 5.45. The number of ether oxygens (including phenoxy) is 1. The number of rotatable bonds is 8. The second-order valence-corrected chi connectivity index (χ2v) is 6.03. The number of amides is 1. The summed E-state index contributed by atoms with van der Waals surface area (Å²) >= 11 is 1.14. The molecule has 1 aromatic rings. The van der Waals surface area contributed by atoms with Crippen LogP contribution in [-0.2, 0) is 9.53 Å². The number of hydrogen-bond acceptors (Lipinski definition) is 7. The normalized spacial score (nSPS) is 14.1. The maximum atomic E-state index is 12.4. The number of hydrogen-bond donors (Lipinski definition) is 0. The highest BCUT2D eigenvalue weighted by molar-refractivity contribution is 7.17. The van der Waals surface area contributed by atoms with Crippen LogP contribution in [0.4, 0.5) is 5.13 Å². The van der Waals surface area contributed by atoms with Crippen molar-refractivity contribution in [3.05, 3.63) is 11.1 Å². The summed E-state index contributed by atoms with van der Waals surface area (Å²) in [5.74, 6) is 2.03. The molecule has 122 valence electrons. The van der Waals surface area contributed by atoms with E-state index in [1.165, 1.54) is 13.3 Å². The van der Waals surface area contributed by atoms with Crippen LogP contribution in [0.2, 0.25) is 0 Å². The number of aromatic nitrogens is 1. The maximum Gasteiger partial charge on any atom is 0.349 e. The predicted octanol–water partition coefficient (Wildman–Crippen LogP) is 2.64. The molecule has 1 aromatic heterocycles. The predicted molar refractivity (Wildman–Crippen MR) is 86.4 cm³/mol. The van der Waals surface area contributed by atoms with Crippen LogP contribution in [0.1, 0.15) is 42.3 Å². The Hall–Kier alpha value is -2.27. The molecule has 1 aliphatic heterocycles. The van der Waals surface area contributed by atoms with Crippen LogP contribution < -0.4 is 4.90 Å². The lowest BCUT2D eigenvalue weighted by Gasteiger charge is -2.18. The number of esters is 1. The molecule has 2 rings (SSSR count). The van der Waals surface area contributed by atoms with Crippen LogP contribution in [0, 0.1) is 12.3 Å². The standard InChI is InChI=1S/C15H18N4O3S/c1-4-6-8-15(17-18-15)9-7-12(20)19(5-2)14-16-10-11(23-14)13(21)22-3/h1,10H,5-9H2,2-3H3. The van der Waals surface area contributed by atoms with E-state index < -0.39 is 11.6 Å². The molecule has 2 heterocycles. The third kappa shape index (κ3) is 4.13. The van der Waals surface area contributed by atoms with Crippen LogP contribution in [0.15, 0.2) is 16.4 Å². The van der Waals surface area contributed by atoms with Gasteiger partial charge in [0.15, 0.2) is 10.8 Å². The van der Waals surface area contributed by atoms with Crippen LogP contribution >= 0.6 is 11.3 Å². The Balaban J connectivity index is 1.95.